The predicted octanol–water partition coefficient (Wildman–Crippen LogP) is 0.286. The maximum absolute atomic E-state index is 7.65. The van der Waals surface area contributed by atoms with E-state index in [4.69, 9.17) is 16.6 Å². The number of rotatable bonds is 2. The summed E-state index contributed by atoms with van der Waals surface area (Å²) in [6.07, 6.45) is 0. The lowest BCUT2D eigenvalue weighted by Crippen LogP contribution is -2.04. The Morgan fingerprint density at radius 3 is 2.00 bits per heavy atom. The topological polar surface area (TPSA) is 120 Å². The largest absolute Gasteiger partial charge is 0.371 e. The van der Waals surface area contributed by atoms with Crippen molar-refractivity contribution in [2.24, 2.45) is 0 Å². The Balaban J connectivity index is 0.000000357. The van der Waals surface area contributed by atoms with Crippen LogP contribution in [-0.2, 0) is 4.74 Å². The van der Waals surface area contributed by atoms with Crippen LogP contribution in [0.25, 0.3) is 11.4 Å². The maximum Gasteiger partial charge on any atom is 0.225 e. The van der Waals surface area contributed by atoms with E-state index < -0.39 is 0 Å². The SMILES string of the molecule is COCO.Nc1nc(N)nc(-c2ccccc2)n1. The Hall–Kier alpha value is -2.25. The highest BCUT2D eigenvalue weighted by Gasteiger charge is 2.03. The van der Waals surface area contributed by atoms with Crippen LogP contribution in [0.2, 0.25) is 0 Å². The predicted molar refractivity (Wildman–Crippen MR) is 68.2 cm³/mol. The molecule has 7 heteroatoms. The first-order valence-electron chi connectivity index (χ1n) is 5.09. The summed E-state index contributed by atoms with van der Waals surface area (Å²) in [4.78, 5) is 11.7. The van der Waals surface area contributed by atoms with Crippen LogP contribution in [0.1, 0.15) is 0 Å². The second-order valence-electron chi connectivity index (χ2n) is 3.16. The molecule has 0 aliphatic carbocycles. The molecule has 0 radical (unpaired) electrons. The van der Waals surface area contributed by atoms with Gasteiger partial charge < -0.3 is 21.3 Å². The number of ether oxygens (including phenoxy) is 1. The zero-order valence-electron chi connectivity index (χ0n) is 9.95. The van der Waals surface area contributed by atoms with Gasteiger partial charge in [-0.25, -0.2) is 0 Å². The van der Waals surface area contributed by atoms with E-state index in [1.807, 2.05) is 30.3 Å². The molecule has 0 aliphatic heterocycles. The summed E-state index contributed by atoms with van der Waals surface area (Å²) in [5.41, 5.74) is 11.8. The molecule has 1 heterocycles. The van der Waals surface area contributed by atoms with Crippen LogP contribution >= 0.6 is 0 Å². The van der Waals surface area contributed by atoms with E-state index in [1.54, 1.807) is 0 Å². The molecule has 7 nitrogen and oxygen atoms in total. The van der Waals surface area contributed by atoms with Crippen LogP contribution in [0.3, 0.4) is 0 Å². The van der Waals surface area contributed by atoms with E-state index in [0.29, 0.717) is 5.82 Å². The van der Waals surface area contributed by atoms with Crippen LogP contribution < -0.4 is 11.5 Å². The lowest BCUT2D eigenvalue weighted by molar-refractivity contribution is 0.0325. The van der Waals surface area contributed by atoms with Crippen LogP contribution in [0.4, 0.5) is 11.9 Å². The van der Waals surface area contributed by atoms with E-state index in [-0.39, 0.29) is 18.7 Å². The van der Waals surface area contributed by atoms with Crippen LogP contribution in [0.5, 0.6) is 0 Å². The third-order valence-corrected chi connectivity index (χ3v) is 1.83. The average Bonchev–Trinajstić information content (AvgIpc) is 2.39. The summed E-state index contributed by atoms with van der Waals surface area (Å²) >= 11 is 0. The first kappa shape index (κ1) is 13.8. The van der Waals surface area contributed by atoms with Gasteiger partial charge in [-0.1, -0.05) is 30.3 Å². The van der Waals surface area contributed by atoms with Gasteiger partial charge in [-0.05, 0) is 0 Å². The zero-order chi connectivity index (χ0) is 13.4. The molecule has 2 rings (SSSR count). The van der Waals surface area contributed by atoms with Crippen molar-refractivity contribution in [2.75, 3.05) is 25.4 Å². The molecular formula is C11H15N5O2. The summed E-state index contributed by atoms with van der Waals surface area (Å²) in [7, 11) is 1.43. The van der Waals surface area contributed by atoms with Gasteiger partial charge in [0.1, 0.15) is 6.79 Å². The molecule has 0 fully saturated rings. The molecule has 0 unspecified atom stereocenters. The molecule has 0 aliphatic rings. The quantitative estimate of drug-likeness (QED) is 0.654. The molecule has 1 aromatic heterocycles. The van der Waals surface area contributed by atoms with Gasteiger partial charge in [0.15, 0.2) is 5.82 Å². The summed E-state index contributed by atoms with van der Waals surface area (Å²) in [6.45, 7) is -0.181. The Kier molecular flexibility index (Phi) is 5.49. The number of hydrogen-bond acceptors (Lipinski definition) is 7. The molecule has 96 valence electrons. The monoisotopic (exact) mass is 249 g/mol. The van der Waals surface area contributed by atoms with E-state index in [2.05, 4.69) is 19.7 Å². The van der Waals surface area contributed by atoms with Crippen molar-refractivity contribution in [3.8, 4) is 11.4 Å². The molecule has 2 aromatic rings. The second-order valence-corrected chi connectivity index (χ2v) is 3.16. The summed E-state index contributed by atoms with van der Waals surface area (Å²) in [5.74, 6) is 0.767. The lowest BCUT2D eigenvalue weighted by atomic mass is 10.2. The number of benzene rings is 1. The van der Waals surface area contributed by atoms with Crippen molar-refractivity contribution in [3.05, 3.63) is 30.3 Å². The molecule has 5 N–H and O–H groups in total. The lowest BCUT2D eigenvalue weighted by Gasteiger charge is -2.00. The minimum atomic E-state index is -0.181. The first-order chi connectivity index (χ1) is 8.67. The molecular weight excluding hydrogens is 234 g/mol. The van der Waals surface area contributed by atoms with E-state index >= 15 is 0 Å². The Bertz CT molecular complexity index is 456. The first-order valence-corrected chi connectivity index (χ1v) is 5.09. The highest BCUT2D eigenvalue weighted by Crippen LogP contribution is 2.14. The summed E-state index contributed by atoms with van der Waals surface area (Å²) < 4.78 is 4.10. The van der Waals surface area contributed by atoms with Crippen molar-refractivity contribution in [1.29, 1.82) is 0 Å². The molecule has 18 heavy (non-hydrogen) atoms. The average molecular weight is 249 g/mol. The number of aliphatic hydroxyl groups is 1. The number of hydrogen-bond donors (Lipinski definition) is 3. The maximum atomic E-state index is 7.65. The summed E-state index contributed by atoms with van der Waals surface area (Å²) in [6, 6.07) is 9.47. The van der Waals surface area contributed by atoms with E-state index in [0.717, 1.165) is 5.56 Å². The molecule has 0 spiro atoms. The Morgan fingerprint density at radius 2 is 1.56 bits per heavy atom. The fourth-order valence-electron chi connectivity index (χ4n) is 1.13. The van der Waals surface area contributed by atoms with Gasteiger partial charge in [-0.3, -0.25) is 0 Å². The molecule has 0 saturated carbocycles. The van der Waals surface area contributed by atoms with Crippen molar-refractivity contribution in [1.82, 2.24) is 15.0 Å². The number of methoxy groups -OCH3 is 1. The minimum Gasteiger partial charge on any atom is -0.371 e. The van der Waals surface area contributed by atoms with Gasteiger partial charge in [-0.15, -0.1) is 0 Å². The van der Waals surface area contributed by atoms with Crippen LogP contribution in [-0.4, -0.2) is 34.0 Å². The highest BCUT2D eigenvalue weighted by molar-refractivity contribution is 5.56. The zero-order valence-corrected chi connectivity index (χ0v) is 9.95. The van der Waals surface area contributed by atoms with Gasteiger partial charge in [0.2, 0.25) is 11.9 Å². The fraction of sp³-hybridized carbons (Fsp3) is 0.182. The summed E-state index contributed by atoms with van der Waals surface area (Å²) in [5, 5.41) is 7.65. The van der Waals surface area contributed by atoms with E-state index in [1.165, 1.54) is 7.11 Å². The van der Waals surface area contributed by atoms with Crippen molar-refractivity contribution in [3.63, 3.8) is 0 Å². The third kappa shape index (κ3) is 4.32. The number of aliphatic hydroxyl groups excluding tert-OH is 1. The number of nitrogens with zero attached hydrogens (tertiary/aromatic N) is 3. The molecule has 0 bridgehead atoms. The van der Waals surface area contributed by atoms with Crippen molar-refractivity contribution in [2.45, 2.75) is 0 Å². The van der Waals surface area contributed by atoms with Crippen molar-refractivity contribution < 1.29 is 9.84 Å². The normalized spacial score (nSPS) is 9.44. The van der Waals surface area contributed by atoms with Gasteiger partial charge in [-0.2, -0.15) is 15.0 Å². The Labute approximate surface area is 104 Å². The number of nitrogen functional groups attached to an aromatic ring is 2. The van der Waals surface area contributed by atoms with Gasteiger partial charge in [0.25, 0.3) is 0 Å². The molecule has 0 saturated heterocycles. The van der Waals surface area contributed by atoms with E-state index in [9.17, 15) is 0 Å². The number of anilines is 2. The third-order valence-electron chi connectivity index (χ3n) is 1.83. The van der Waals surface area contributed by atoms with Gasteiger partial charge >= 0.3 is 0 Å². The standard InChI is InChI=1S/C9H9N5.C2H6O2/c10-8-12-7(13-9(11)14-8)6-4-2-1-3-5-6;1-4-2-3/h1-5H,(H4,10,11,12,13,14);3H,2H2,1H3. The van der Waals surface area contributed by atoms with Gasteiger partial charge in [0, 0.05) is 12.7 Å². The van der Waals surface area contributed by atoms with Gasteiger partial charge in [0.05, 0.1) is 0 Å². The molecule has 0 amide bonds. The second kappa shape index (κ2) is 7.15. The molecule has 0 atom stereocenters. The number of aromatic nitrogens is 3. The van der Waals surface area contributed by atoms with Crippen molar-refractivity contribution >= 4 is 11.9 Å². The highest BCUT2D eigenvalue weighted by atomic mass is 16.6. The fourth-order valence-corrected chi connectivity index (χ4v) is 1.13. The van der Waals surface area contributed by atoms with Crippen LogP contribution in [0, 0.1) is 0 Å². The number of nitrogens with two attached hydrogens (primary N) is 2. The molecule has 1 aromatic carbocycles. The van der Waals surface area contributed by atoms with Crippen LogP contribution in [0.15, 0.2) is 30.3 Å². The smallest absolute Gasteiger partial charge is 0.225 e. The minimum absolute atomic E-state index is 0.136. The Morgan fingerprint density at radius 1 is 1.06 bits per heavy atom.